The van der Waals surface area contributed by atoms with Crippen LogP contribution >= 0.6 is 0 Å². The van der Waals surface area contributed by atoms with Gasteiger partial charge in [-0.15, -0.1) is 0 Å². The number of pyridine rings is 1. The second-order valence-electron chi connectivity index (χ2n) is 5.64. The van der Waals surface area contributed by atoms with Gasteiger partial charge in [-0.05, 0) is 42.2 Å². The largest absolute Gasteiger partial charge is 0.490 e. The molecule has 0 aliphatic heterocycles. The number of aryl methyl sites for hydroxylation is 1. The van der Waals surface area contributed by atoms with Gasteiger partial charge in [0, 0.05) is 18.7 Å². The van der Waals surface area contributed by atoms with Crippen LogP contribution in [-0.2, 0) is 17.6 Å². The van der Waals surface area contributed by atoms with E-state index in [1.165, 1.54) is 19.4 Å². The van der Waals surface area contributed by atoms with E-state index >= 15 is 0 Å². The number of esters is 1. The van der Waals surface area contributed by atoms with Crippen LogP contribution < -0.4 is 4.74 Å². The third-order valence-electron chi connectivity index (χ3n) is 4.06. The molecule has 24 heavy (non-hydrogen) atoms. The van der Waals surface area contributed by atoms with E-state index in [0.717, 1.165) is 24.0 Å². The normalized spacial score (nSPS) is 16.1. The lowest BCUT2D eigenvalue weighted by Gasteiger charge is -2.26. The van der Waals surface area contributed by atoms with Crippen molar-refractivity contribution in [3.05, 3.63) is 58.9 Å². The average molecular weight is 327 g/mol. The summed E-state index contributed by atoms with van der Waals surface area (Å²) in [6, 6.07) is 8.63. The molecule has 1 heterocycles. The Hall–Kier alpha value is -2.89. The van der Waals surface area contributed by atoms with Crippen molar-refractivity contribution in [3.8, 4) is 5.75 Å². The highest BCUT2D eigenvalue weighted by Crippen LogP contribution is 2.26. The van der Waals surface area contributed by atoms with E-state index in [9.17, 15) is 9.59 Å². The highest BCUT2D eigenvalue weighted by molar-refractivity contribution is 5.89. The van der Waals surface area contributed by atoms with Gasteiger partial charge in [0.25, 0.3) is 0 Å². The van der Waals surface area contributed by atoms with Gasteiger partial charge >= 0.3 is 11.9 Å². The average Bonchev–Trinajstić information content (AvgIpc) is 2.60. The number of carbonyl (C=O) groups excluding carboxylic acids is 1. The number of carbonyl (C=O) groups is 2. The number of methoxy groups -OCH3 is 1. The zero-order valence-electron chi connectivity index (χ0n) is 13.2. The molecule has 3 rings (SSSR count). The van der Waals surface area contributed by atoms with E-state index in [4.69, 9.17) is 14.6 Å². The van der Waals surface area contributed by atoms with Crippen LogP contribution in [0.4, 0.5) is 0 Å². The summed E-state index contributed by atoms with van der Waals surface area (Å²) in [5, 5.41) is 8.98. The van der Waals surface area contributed by atoms with Gasteiger partial charge in [-0.2, -0.15) is 0 Å². The molecule has 6 heteroatoms. The van der Waals surface area contributed by atoms with Crippen molar-refractivity contribution in [3.63, 3.8) is 0 Å². The van der Waals surface area contributed by atoms with Crippen LogP contribution in [0.1, 0.15) is 38.4 Å². The molecule has 0 saturated carbocycles. The summed E-state index contributed by atoms with van der Waals surface area (Å²) in [6.45, 7) is 0. The van der Waals surface area contributed by atoms with Crippen molar-refractivity contribution in [2.75, 3.05) is 7.11 Å². The monoisotopic (exact) mass is 327 g/mol. The summed E-state index contributed by atoms with van der Waals surface area (Å²) in [7, 11) is 1.37. The van der Waals surface area contributed by atoms with Crippen LogP contribution in [0.15, 0.2) is 36.5 Å². The van der Waals surface area contributed by atoms with Crippen LogP contribution in [0, 0.1) is 0 Å². The Labute approximate surface area is 139 Å². The summed E-state index contributed by atoms with van der Waals surface area (Å²) in [5.74, 6) is -0.916. The van der Waals surface area contributed by atoms with Gasteiger partial charge in [0.15, 0.2) is 5.69 Å². The predicted octanol–water partition coefficient (Wildman–Crippen LogP) is 2.50. The quantitative estimate of drug-likeness (QED) is 0.868. The highest BCUT2D eigenvalue weighted by atomic mass is 16.5. The molecule has 1 N–H and O–H groups in total. The number of aromatic carboxylic acids is 1. The van der Waals surface area contributed by atoms with E-state index in [-0.39, 0.29) is 17.8 Å². The molecule has 1 aliphatic rings. The minimum absolute atomic E-state index is 0.0357. The first-order chi connectivity index (χ1) is 11.6. The van der Waals surface area contributed by atoms with Gasteiger partial charge in [-0.3, -0.25) is 0 Å². The van der Waals surface area contributed by atoms with Crippen molar-refractivity contribution >= 4 is 11.9 Å². The lowest BCUT2D eigenvalue weighted by atomic mass is 9.88. The third kappa shape index (κ3) is 3.37. The first-order valence-corrected chi connectivity index (χ1v) is 7.63. The number of hydrogen-bond donors (Lipinski definition) is 1. The maximum absolute atomic E-state index is 11.6. The highest BCUT2D eigenvalue weighted by Gasteiger charge is 2.21. The fourth-order valence-corrected chi connectivity index (χ4v) is 2.86. The van der Waals surface area contributed by atoms with Crippen molar-refractivity contribution < 1.29 is 24.2 Å². The van der Waals surface area contributed by atoms with Gasteiger partial charge in [0.1, 0.15) is 11.9 Å². The molecular formula is C18H17NO5. The van der Waals surface area contributed by atoms with Crippen LogP contribution in [-0.4, -0.2) is 35.2 Å². The molecule has 0 radical (unpaired) electrons. The second kappa shape index (κ2) is 6.70. The van der Waals surface area contributed by atoms with E-state index in [2.05, 4.69) is 4.98 Å². The third-order valence-corrected chi connectivity index (χ3v) is 4.06. The molecule has 0 spiro atoms. The molecule has 1 aliphatic carbocycles. The van der Waals surface area contributed by atoms with Gasteiger partial charge in [-0.1, -0.05) is 6.07 Å². The number of carboxylic acids is 1. The van der Waals surface area contributed by atoms with Gasteiger partial charge in [0.2, 0.25) is 0 Å². The second-order valence-corrected chi connectivity index (χ2v) is 5.64. The number of hydrogen-bond acceptors (Lipinski definition) is 5. The number of nitrogens with zero attached hydrogens (tertiary/aromatic N) is 1. The topological polar surface area (TPSA) is 85.7 Å². The number of ether oxygens (including phenoxy) is 2. The zero-order chi connectivity index (χ0) is 17.1. The van der Waals surface area contributed by atoms with Crippen molar-refractivity contribution in [2.45, 2.75) is 25.4 Å². The Kier molecular flexibility index (Phi) is 4.46. The summed E-state index contributed by atoms with van der Waals surface area (Å²) < 4.78 is 10.6. The smallest absolute Gasteiger partial charge is 0.354 e. The fraction of sp³-hybridized carbons (Fsp3) is 0.278. The van der Waals surface area contributed by atoms with Crippen LogP contribution in [0.2, 0.25) is 0 Å². The SMILES string of the molecule is COC(=O)c1ccc2c(c1)CCC(Oc1ccnc(C(=O)O)c1)C2. The maximum Gasteiger partial charge on any atom is 0.354 e. The molecule has 0 bridgehead atoms. The molecule has 1 unspecified atom stereocenters. The van der Waals surface area contributed by atoms with E-state index in [0.29, 0.717) is 17.7 Å². The fourth-order valence-electron chi connectivity index (χ4n) is 2.86. The van der Waals surface area contributed by atoms with Crippen LogP contribution in [0.3, 0.4) is 0 Å². The molecular weight excluding hydrogens is 310 g/mol. The van der Waals surface area contributed by atoms with Crippen molar-refractivity contribution in [1.29, 1.82) is 0 Å². The van der Waals surface area contributed by atoms with Gasteiger partial charge in [-0.25, -0.2) is 14.6 Å². The molecule has 1 aromatic carbocycles. The summed E-state index contributed by atoms with van der Waals surface area (Å²) in [4.78, 5) is 26.3. The molecule has 1 aromatic heterocycles. The number of rotatable bonds is 4. The van der Waals surface area contributed by atoms with Crippen LogP contribution in [0.25, 0.3) is 0 Å². The number of fused-ring (bicyclic) bond motifs is 1. The van der Waals surface area contributed by atoms with Crippen molar-refractivity contribution in [1.82, 2.24) is 4.98 Å². The Morgan fingerprint density at radius 2 is 2.04 bits per heavy atom. The summed E-state index contributed by atoms with van der Waals surface area (Å²) in [5.41, 5.74) is 2.77. The molecule has 0 saturated heterocycles. The number of carboxylic acid groups (broad SMARTS) is 1. The summed E-state index contributed by atoms with van der Waals surface area (Å²) >= 11 is 0. The van der Waals surface area contributed by atoms with Gasteiger partial charge < -0.3 is 14.6 Å². The molecule has 1 atom stereocenters. The van der Waals surface area contributed by atoms with Crippen molar-refractivity contribution in [2.24, 2.45) is 0 Å². The zero-order valence-corrected chi connectivity index (χ0v) is 13.2. The Morgan fingerprint density at radius 1 is 1.21 bits per heavy atom. The first-order valence-electron chi connectivity index (χ1n) is 7.63. The van der Waals surface area contributed by atoms with E-state index < -0.39 is 5.97 Å². The minimum Gasteiger partial charge on any atom is -0.490 e. The minimum atomic E-state index is -1.08. The lowest BCUT2D eigenvalue weighted by Crippen LogP contribution is -2.25. The lowest BCUT2D eigenvalue weighted by molar-refractivity contribution is 0.0599. The van der Waals surface area contributed by atoms with E-state index in [1.54, 1.807) is 12.1 Å². The first kappa shape index (κ1) is 16.0. The molecule has 0 amide bonds. The Bertz CT molecular complexity index is 787. The van der Waals surface area contributed by atoms with E-state index in [1.807, 2.05) is 12.1 Å². The van der Waals surface area contributed by atoms with Crippen LogP contribution in [0.5, 0.6) is 5.75 Å². The van der Waals surface area contributed by atoms with Gasteiger partial charge in [0.05, 0.1) is 12.7 Å². The maximum atomic E-state index is 11.6. The predicted molar refractivity (Wildman–Crippen MR) is 85.4 cm³/mol. The summed E-state index contributed by atoms with van der Waals surface area (Å²) in [6.07, 6.45) is 3.69. The standard InChI is InChI=1S/C18H17NO5/c1-23-18(22)13-3-2-12-9-14(5-4-11(12)8-13)24-15-6-7-19-16(10-15)17(20)21/h2-3,6-8,10,14H,4-5,9H2,1H3,(H,20,21). The molecule has 6 nitrogen and oxygen atoms in total. The molecule has 124 valence electrons. The number of benzene rings is 1. The Balaban J connectivity index is 1.72. The molecule has 0 fully saturated rings. The number of aromatic nitrogens is 1. The molecule has 2 aromatic rings. The Morgan fingerprint density at radius 3 is 2.79 bits per heavy atom.